The van der Waals surface area contributed by atoms with Crippen molar-refractivity contribution in [3.63, 3.8) is 0 Å². The van der Waals surface area contributed by atoms with E-state index in [9.17, 15) is 19.8 Å². The monoisotopic (exact) mass is 414 g/mol. The molecule has 28 heavy (non-hydrogen) atoms. The summed E-state index contributed by atoms with van der Waals surface area (Å²) in [6.07, 6.45) is 0.547. The van der Waals surface area contributed by atoms with Crippen LogP contribution < -0.4 is 0 Å². The van der Waals surface area contributed by atoms with E-state index in [1.807, 2.05) is 0 Å². The van der Waals surface area contributed by atoms with Crippen molar-refractivity contribution in [2.75, 3.05) is 0 Å². The Labute approximate surface area is 167 Å². The highest BCUT2D eigenvalue weighted by molar-refractivity contribution is 6.65. The zero-order chi connectivity index (χ0) is 20.9. The van der Waals surface area contributed by atoms with E-state index < -0.39 is 63.2 Å². The van der Waals surface area contributed by atoms with E-state index in [0.29, 0.717) is 6.42 Å². The van der Waals surface area contributed by atoms with Crippen molar-refractivity contribution < 1.29 is 28.6 Å². The van der Waals surface area contributed by atoms with E-state index in [4.69, 9.17) is 11.6 Å². The van der Waals surface area contributed by atoms with Gasteiger partial charge in [-0.2, -0.15) is 0 Å². The summed E-state index contributed by atoms with van der Waals surface area (Å²) in [5.41, 5.74) is -6.72. The smallest absolute Gasteiger partial charge is 0.254 e. The second kappa shape index (κ2) is 5.73. The number of aliphatic hydroxyl groups is 2. The van der Waals surface area contributed by atoms with Crippen molar-refractivity contribution in [2.45, 2.75) is 63.6 Å². The average Bonchev–Trinajstić information content (AvgIpc) is 2.81. The fraction of sp³-hybridized carbons (Fsp3) is 0.714. The maximum atomic E-state index is 16.8. The number of hydrogen-bond acceptors (Lipinski definition) is 4. The average molecular weight is 415 g/mol. The molecule has 2 N–H and O–H groups in total. The van der Waals surface area contributed by atoms with Crippen molar-refractivity contribution >= 4 is 22.6 Å². The van der Waals surface area contributed by atoms with Gasteiger partial charge >= 0.3 is 0 Å². The summed E-state index contributed by atoms with van der Waals surface area (Å²) in [4.78, 5) is 24.0. The van der Waals surface area contributed by atoms with Gasteiger partial charge in [0.15, 0.2) is 11.5 Å². The number of carbonyl (C=O) groups excluding carboxylic acids is 2. The van der Waals surface area contributed by atoms with Crippen molar-refractivity contribution in [1.29, 1.82) is 0 Å². The molecule has 4 rings (SSSR count). The molecule has 7 heteroatoms. The number of allylic oxidation sites excluding steroid dienone is 4. The summed E-state index contributed by atoms with van der Waals surface area (Å²) in [6, 6.07) is 0. The van der Waals surface area contributed by atoms with Gasteiger partial charge in [0.1, 0.15) is 11.8 Å². The molecule has 0 aliphatic heterocycles. The third kappa shape index (κ3) is 2.02. The van der Waals surface area contributed by atoms with E-state index in [1.165, 1.54) is 19.1 Å². The first-order valence-corrected chi connectivity index (χ1v) is 10.1. The normalized spacial score (nSPS) is 55.2. The first kappa shape index (κ1) is 20.2. The van der Waals surface area contributed by atoms with Crippen LogP contribution in [-0.2, 0) is 9.59 Å². The summed E-state index contributed by atoms with van der Waals surface area (Å²) in [5.74, 6) is -2.41. The molecule has 0 unspecified atom stereocenters. The number of halogens is 3. The molecule has 9 atom stereocenters. The van der Waals surface area contributed by atoms with Crippen molar-refractivity contribution in [2.24, 2.45) is 28.6 Å². The van der Waals surface area contributed by atoms with Gasteiger partial charge in [-0.25, -0.2) is 8.78 Å². The molecule has 3 fully saturated rings. The molecular weight excluding hydrogens is 390 g/mol. The summed E-state index contributed by atoms with van der Waals surface area (Å²) in [5, 5.41) is 21.3. The summed E-state index contributed by atoms with van der Waals surface area (Å²) in [6.45, 7) is 4.84. The molecule has 0 bridgehead atoms. The quantitative estimate of drug-likeness (QED) is 0.647. The lowest BCUT2D eigenvalue weighted by molar-refractivity contribution is -0.221. The largest absolute Gasteiger partial charge is 0.390 e. The highest BCUT2D eigenvalue weighted by Gasteiger charge is 2.76. The molecule has 0 aromatic heterocycles. The van der Waals surface area contributed by atoms with E-state index in [0.717, 1.165) is 6.08 Å². The van der Waals surface area contributed by atoms with Gasteiger partial charge in [0.25, 0.3) is 5.24 Å². The Morgan fingerprint density at radius 3 is 2.54 bits per heavy atom. The number of alkyl halides is 2. The molecule has 3 saturated carbocycles. The Morgan fingerprint density at radius 2 is 1.93 bits per heavy atom. The van der Waals surface area contributed by atoms with Crippen LogP contribution >= 0.6 is 11.6 Å². The van der Waals surface area contributed by atoms with Gasteiger partial charge in [-0.15, -0.1) is 0 Å². The molecule has 154 valence electrons. The van der Waals surface area contributed by atoms with Crippen LogP contribution in [0.2, 0.25) is 0 Å². The predicted octanol–water partition coefficient (Wildman–Crippen LogP) is 3.05. The lowest BCUT2D eigenvalue weighted by Gasteiger charge is -2.62. The third-order valence-electron chi connectivity index (χ3n) is 8.51. The number of ketones is 1. The van der Waals surface area contributed by atoms with E-state index in [-0.39, 0.29) is 18.4 Å². The topological polar surface area (TPSA) is 74.6 Å². The SMILES string of the molecule is C[C@@H]1C[C@H]2[C@@H]3C[C@H](F)C4=CC(=O)C=C[C@]4(C)[C@@]3(F)[C@@H](O)C[C@]2(C)[C@@]1(O)C(=O)Cl. The second-order valence-electron chi connectivity index (χ2n) is 9.54. The number of aliphatic hydroxyl groups excluding tert-OH is 1. The van der Waals surface area contributed by atoms with Gasteiger partial charge in [0, 0.05) is 16.7 Å². The molecule has 4 nitrogen and oxygen atoms in total. The Kier molecular flexibility index (Phi) is 4.13. The Morgan fingerprint density at radius 1 is 1.29 bits per heavy atom. The van der Waals surface area contributed by atoms with Crippen LogP contribution in [-0.4, -0.2) is 44.8 Å². The van der Waals surface area contributed by atoms with Gasteiger partial charge < -0.3 is 10.2 Å². The van der Waals surface area contributed by atoms with Crippen LogP contribution in [0.1, 0.15) is 40.0 Å². The van der Waals surface area contributed by atoms with E-state index in [2.05, 4.69) is 0 Å². The lowest BCUT2D eigenvalue weighted by Crippen LogP contribution is -2.70. The van der Waals surface area contributed by atoms with Crippen molar-refractivity contribution in [3.05, 3.63) is 23.8 Å². The standard InChI is InChI=1S/C21H25ClF2O4/c1-10-6-12-13-8-15(23)14-7-11(25)4-5-18(14,2)20(13,24)16(26)9-19(12,3)21(10,28)17(22)27/h4-5,7,10,12-13,15-16,26,28H,6,8-9H2,1-3H3/t10-,12+,13+,15+,16+,18+,19+,20+,21+/m1/s1. The van der Waals surface area contributed by atoms with Crippen LogP contribution in [0.3, 0.4) is 0 Å². The van der Waals surface area contributed by atoms with Gasteiger partial charge in [0.05, 0.1) is 6.10 Å². The van der Waals surface area contributed by atoms with Crippen molar-refractivity contribution in [1.82, 2.24) is 0 Å². The molecule has 0 saturated heterocycles. The molecule has 0 spiro atoms. The van der Waals surface area contributed by atoms with Gasteiger partial charge in [-0.05, 0) is 67.3 Å². The number of carbonyl (C=O) groups is 2. The van der Waals surface area contributed by atoms with Crippen LogP contribution in [0, 0.1) is 28.6 Å². The van der Waals surface area contributed by atoms with Gasteiger partial charge in [-0.1, -0.05) is 19.9 Å². The second-order valence-corrected chi connectivity index (χ2v) is 9.88. The molecule has 0 aromatic carbocycles. The van der Waals surface area contributed by atoms with Crippen molar-refractivity contribution in [3.8, 4) is 0 Å². The molecule has 0 radical (unpaired) electrons. The van der Waals surface area contributed by atoms with Crippen LogP contribution in [0.5, 0.6) is 0 Å². The summed E-state index contributed by atoms with van der Waals surface area (Å²) in [7, 11) is 0. The number of hydrogen-bond donors (Lipinski definition) is 2. The molecule has 4 aliphatic carbocycles. The maximum absolute atomic E-state index is 16.8. The minimum absolute atomic E-state index is 0.0520. The van der Waals surface area contributed by atoms with Crippen LogP contribution in [0.15, 0.2) is 23.8 Å². The van der Waals surface area contributed by atoms with Crippen LogP contribution in [0.25, 0.3) is 0 Å². The number of rotatable bonds is 1. The molecule has 4 aliphatic rings. The Hall–Kier alpha value is -1.11. The third-order valence-corrected chi connectivity index (χ3v) is 8.80. The minimum atomic E-state index is -2.22. The predicted molar refractivity (Wildman–Crippen MR) is 99.0 cm³/mol. The lowest BCUT2D eigenvalue weighted by atomic mass is 9.44. The Balaban J connectivity index is 1.88. The first-order valence-electron chi connectivity index (χ1n) is 9.72. The summed E-state index contributed by atoms with van der Waals surface area (Å²) < 4.78 is 32.0. The molecule has 0 amide bonds. The van der Waals surface area contributed by atoms with Gasteiger partial charge in [-0.3, -0.25) is 9.59 Å². The maximum Gasteiger partial charge on any atom is 0.254 e. The van der Waals surface area contributed by atoms with Gasteiger partial charge in [0.2, 0.25) is 0 Å². The first-order chi connectivity index (χ1) is 12.8. The van der Waals surface area contributed by atoms with E-state index >= 15 is 8.78 Å². The highest BCUT2D eigenvalue weighted by Crippen LogP contribution is 2.71. The molecular formula is C21H25ClF2O4. The fourth-order valence-corrected chi connectivity index (χ4v) is 7.36. The number of fused-ring (bicyclic) bond motifs is 5. The fourth-order valence-electron chi connectivity index (χ4n) is 6.96. The summed E-state index contributed by atoms with van der Waals surface area (Å²) >= 11 is 5.77. The van der Waals surface area contributed by atoms with E-state index in [1.54, 1.807) is 13.8 Å². The molecule has 0 aromatic rings. The Bertz CT molecular complexity index is 827. The molecule has 0 heterocycles. The zero-order valence-electron chi connectivity index (χ0n) is 16.1. The van der Waals surface area contributed by atoms with Crippen LogP contribution in [0.4, 0.5) is 8.78 Å². The highest BCUT2D eigenvalue weighted by atomic mass is 35.5. The zero-order valence-corrected chi connectivity index (χ0v) is 16.8. The minimum Gasteiger partial charge on any atom is -0.390 e.